The number of methoxy groups -OCH3 is 2. The lowest BCUT2D eigenvalue weighted by Gasteiger charge is -2.35. The number of fused-ring (bicyclic) bond motifs is 4. The average molecular weight is 1220 g/mol. The van der Waals surface area contributed by atoms with Gasteiger partial charge in [-0.2, -0.15) is 9.97 Å². The number of nitrogen functional groups attached to an aromatic ring is 1. The highest BCUT2D eigenvalue weighted by molar-refractivity contribution is 6.28. The Hall–Kier alpha value is -8.07. The van der Waals surface area contributed by atoms with Crippen LogP contribution >= 0.6 is 11.6 Å². The summed E-state index contributed by atoms with van der Waals surface area (Å²) in [6.45, 7) is 16.7. The van der Waals surface area contributed by atoms with Crippen LogP contribution in [0, 0.1) is 61.0 Å². The molecule has 21 heteroatoms. The predicted octanol–water partition coefficient (Wildman–Crippen LogP) is 10.6. The number of allylic oxidation sites excluding steroid dienone is 2. The first-order valence-corrected chi connectivity index (χ1v) is 30.4. The molecule has 2 saturated carbocycles. The molecule has 10 atom stereocenters. The van der Waals surface area contributed by atoms with Crippen molar-refractivity contribution >= 4 is 63.7 Å². The van der Waals surface area contributed by atoms with E-state index in [0.29, 0.717) is 5.95 Å². The van der Waals surface area contributed by atoms with Crippen molar-refractivity contribution in [2.45, 2.75) is 72.1 Å². The number of hydrogen-bond acceptors (Lipinski definition) is 16. The van der Waals surface area contributed by atoms with Crippen molar-refractivity contribution in [2.24, 2.45) is 35.5 Å². The first kappa shape index (κ1) is 64.4. The molecule has 2 amide bonds. The van der Waals surface area contributed by atoms with Gasteiger partial charge in [-0.05, 0) is 173 Å². The van der Waals surface area contributed by atoms with Gasteiger partial charge >= 0.3 is 0 Å². The molecule has 4 aliphatic carbocycles. The van der Waals surface area contributed by atoms with E-state index in [-0.39, 0.29) is 95.8 Å². The standard InChI is InChI=1S/C33H40FN7O2.C21H22ClFN4O2.C12H19N3.CH4/c1-20-17-25(9-12-28(20)41-15-13-40(3)14-16-41)37-33-35-19-27(34)31(39-33)38-30-24-6-5-23(18-24)29(30)32(42)36-21(2)22-7-10-26(43-4)11-8-22;1-11(12-5-7-15(29-2)8-6-12)25-20(28)17-13-3-4-14(9-13)18(17)26-19-16(23)10-24-21(22)27-19;1-10-9-11(13)3-4-12(10)15-7-5-14(2)6-8-15;/h5-12,17,19,21,23-24,29-30H,13-16,18H2,1-4H3,(H,36,42)(H2,35,37,38,39);3-8,10-11,13-14,17-18H,9H2,1-2H3,(H,25,28)(H,24,26,27);3-4,9H,5-8,13H2,1-2H3;1H4/t21-,23-,24+,29+,30-;11-,13-,14+,17+,18-;;/m11../s1. The van der Waals surface area contributed by atoms with Crippen molar-refractivity contribution in [1.82, 2.24) is 40.4 Å². The lowest BCUT2D eigenvalue weighted by molar-refractivity contribution is -0.127. The summed E-state index contributed by atoms with van der Waals surface area (Å²) in [6, 6.07) is 26.7. The van der Waals surface area contributed by atoms with Crippen LogP contribution in [-0.2, 0) is 9.59 Å². The highest BCUT2D eigenvalue weighted by atomic mass is 35.5. The van der Waals surface area contributed by atoms with Crippen LogP contribution in [0.15, 0.2) is 122 Å². The minimum Gasteiger partial charge on any atom is -0.497 e. The highest BCUT2D eigenvalue weighted by Crippen LogP contribution is 2.47. The van der Waals surface area contributed by atoms with Gasteiger partial charge in [-0.15, -0.1) is 0 Å². The van der Waals surface area contributed by atoms with Crippen molar-refractivity contribution in [2.75, 3.05) is 112 Å². The largest absolute Gasteiger partial charge is 0.497 e. The molecule has 12 rings (SSSR count). The fourth-order valence-electron chi connectivity index (χ4n) is 13.0. The maximum atomic E-state index is 15.0. The Balaban J connectivity index is 0.000000176. The molecule has 2 saturated heterocycles. The summed E-state index contributed by atoms with van der Waals surface area (Å²) in [7, 11) is 7.57. The third-order valence-electron chi connectivity index (χ3n) is 17.9. The molecule has 2 aliphatic heterocycles. The number of nitrogens with two attached hydrogens (primary N) is 1. The zero-order valence-corrected chi connectivity index (χ0v) is 51.6. The molecule has 4 bridgehead atoms. The SMILES string of the molecule is C.COc1ccc([C@@H](C)NC(=O)[C@@H]2[C@H](Nc3nc(Cl)ncc3F)[C@H]3C=C[C@@H]2C3)cc1.COc1ccc([C@@H](C)NC(=O)[C@@H]2[C@H](Nc3nc(Nc4ccc(N5CCN(C)CC5)c(C)c4)ncc3F)[C@H]3C=C[C@@H]2C3)cc1.Cc1cc(N)ccc1N1CCN(C)CC1. The Morgan fingerprint density at radius 3 is 1.49 bits per heavy atom. The first-order valence-electron chi connectivity index (χ1n) is 30.0. The quantitative estimate of drug-likeness (QED) is 0.0303. The molecule has 4 fully saturated rings. The Labute approximate surface area is 521 Å². The monoisotopic (exact) mass is 1220 g/mol. The van der Waals surface area contributed by atoms with Gasteiger partial charge in [-0.25, -0.2) is 18.7 Å². The molecule has 0 unspecified atom stereocenters. The number of ether oxygens (including phenoxy) is 2. The van der Waals surface area contributed by atoms with Gasteiger partial charge in [0, 0.05) is 87.2 Å². The highest BCUT2D eigenvalue weighted by Gasteiger charge is 2.50. The summed E-state index contributed by atoms with van der Waals surface area (Å²) in [5, 5.41) is 15.9. The molecular weight excluding hydrogens is 1140 g/mol. The number of likely N-dealkylation sites (N-methyl/N-ethyl adjacent to an activating group) is 2. The van der Waals surface area contributed by atoms with E-state index in [2.05, 4.69) is 137 Å². The molecule has 18 nitrogen and oxygen atoms in total. The van der Waals surface area contributed by atoms with Crippen LogP contribution < -0.4 is 51.6 Å². The third kappa shape index (κ3) is 15.2. The number of anilines is 7. The number of piperazine rings is 2. The first-order chi connectivity index (χ1) is 41.9. The third-order valence-corrected chi connectivity index (χ3v) is 18.1. The van der Waals surface area contributed by atoms with Crippen LogP contribution in [0.2, 0.25) is 5.28 Å². The molecule has 88 heavy (non-hydrogen) atoms. The molecule has 7 N–H and O–H groups in total. The Morgan fingerprint density at radius 1 is 0.602 bits per heavy atom. The van der Waals surface area contributed by atoms with Gasteiger partial charge < -0.3 is 61.4 Å². The fraction of sp³-hybridized carbons (Fsp3) is 0.433. The topological polar surface area (TPSA) is 203 Å². The fourth-order valence-corrected chi connectivity index (χ4v) is 13.1. The zero-order valence-electron chi connectivity index (χ0n) is 50.8. The predicted molar refractivity (Wildman–Crippen MR) is 348 cm³/mol. The van der Waals surface area contributed by atoms with Gasteiger partial charge in [-0.1, -0.05) is 56.0 Å². The second-order valence-corrected chi connectivity index (χ2v) is 24.1. The summed E-state index contributed by atoms with van der Waals surface area (Å²) in [5.41, 5.74) is 14.4. The lowest BCUT2D eigenvalue weighted by Crippen LogP contribution is -2.44. The van der Waals surface area contributed by atoms with Crippen molar-refractivity contribution in [3.63, 3.8) is 0 Å². The van der Waals surface area contributed by atoms with E-state index in [4.69, 9.17) is 26.8 Å². The van der Waals surface area contributed by atoms with Crippen molar-refractivity contribution in [3.05, 3.63) is 161 Å². The summed E-state index contributed by atoms with van der Waals surface area (Å²) < 4.78 is 39.6. The molecule has 2 aromatic heterocycles. The van der Waals surface area contributed by atoms with E-state index in [1.54, 1.807) is 14.2 Å². The van der Waals surface area contributed by atoms with E-state index in [0.717, 1.165) is 111 Å². The maximum absolute atomic E-state index is 15.0. The number of nitrogens with one attached hydrogen (secondary N) is 5. The summed E-state index contributed by atoms with van der Waals surface area (Å²) in [6.07, 6.45) is 12.3. The average Bonchev–Trinajstić information content (AvgIpc) is 2.22. The van der Waals surface area contributed by atoms with Crippen molar-refractivity contribution < 1.29 is 27.8 Å². The van der Waals surface area contributed by atoms with E-state index in [9.17, 15) is 14.0 Å². The molecule has 4 heterocycles. The zero-order chi connectivity index (χ0) is 61.5. The van der Waals surface area contributed by atoms with E-state index < -0.39 is 11.6 Å². The molecule has 4 aromatic carbocycles. The van der Waals surface area contributed by atoms with Crippen LogP contribution in [0.5, 0.6) is 11.5 Å². The lowest BCUT2D eigenvalue weighted by atomic mass is 9.87. The summed E-state index contributed by atoms with van der Waals surface area (Å²) in [4.78, 5) is 52.5. The minimum atomic E-state index is -0.591. The number of amides is 2. The van der Waals surface area contributed by atoms with Gasteiger partial charge in [-0.3, -0.25) is 9.59 Å². The number of hydrogen-bond donors (Lipinski definition) is 6. The Morgan fingerprint density at radius 2 is 1.03 bits per heavy atom. The smallest absolute Gasteiger partial charge is 0.229 e. The van der Waals surface area contributed by atoms with E-state index in [1.165, 1.54) is 23.1 Å². The molecule has 0 radical (unpaired) electrons. The Kier molecular flexibility index (Phi) is 21.1. The molecule has 0 spiro atoms. The second kappa shape index (κ2) is 28.8. The van der Waals surface area contributed by atoms with Gasteiger partial charge in [0.25, 0.3) is 0 Å². The number of halogens is 3. The summed E-state index contributed by atoms with van der Waals surface area (Å²) >= 11 is 5.81. The van der Waals surface area contributed by atoms with Crippen LogP contribution in [0.1, 0.15) is 68.5 Å². The molecule has 6 aliphatic rings. The van der Waals surface area contributed by atoms with Crippen molar-refractivity contribution in [1.29, 1.82) is 0 Å². The normalized spacial score (nSPS) is 23.1. The molecule has 6 aromatic rings. The number of aryl methyl sites for hydroxylation is 2. The second-order valence-electron chi connectivity index (χ2n) is 23.8. The number of nitrogens with zero attached hydrogens (tertiary/aromatic N) is 8. The number of benzene rings is 4. The van der Waals surface area contributed by atoms with Crippen LogP contribution in [0.25, 0.3) is 0 Å². The van der Waals surface area contributed by atoms with Gasteiger partial charge in [0.15, 0.2) is 23.3 Å². The van der Waals surface area contributed by atoms with Gasteiger partial charge in [0.1, 0.15) is 11.5 Å². The van der Waals surface area contributed by atoms with Crippen LogP contribution in [0.4, 0.5) is 49.1 Å². The minimum absolute atomic E-state index is 0. The number of carbonyl (C=O) groups excluding carboxylic acids is 2. The number of carbonyl (C=O) groups is 2. The van der Waals surface area contributed by atoms with Crippen molar-refractivity contribution in [3.8, 4) is 11.5 Å². The van der Waals surface area contributed by atoms with Gasteiger partial charge in [0.2, 0.25) is 23.0 Å². The Bertz CT molecular complexity index is 3420. The van der Waals surface area contributed by atoms with E-state index in [1.807, 2.05) is 80.6 Å². The number of aromatic nitrogens is 4. The van der Waals surface area contributed by atoms with Gasteiger partial charge in [0.05, 0.1) is 50.5 Å². The molecular formula is C67H85ClF2N14O4. The summed E-state index contributed by atoms with van der Waals surface area (Å²) in [5.74, 6) is 0.481. The maximum Gasteiger partial charge on any atom is 0.229 e. The molecule has 468 valence electrons. The van der Waals surface area contributed by atoms with E-state index >= 15 is 4.39 Å². The van der Waals surface area contributed by atoms with Crippen LogP contribution in [0.3, 0.4) is 0 Å². The number of rotatable bonds is 16. The van der Waals surface area contributed by atoms with Crippen LogP contribution in [-0.4, -0.2) is 134 Å².